The summed E-state index contributed by atoms with van der Waals surface area (Å²) in [4.78, 5) is 10.8. The molecule has 6 heteroatoms. The second-order valence-electron chi connectivity index (χ2n) is 4.36. The smallest absolute Gasteiger partial charge is 0.223 e. The molecule has 0 saturated heterocycles. The van der Waals surface area contributed by atoms with E-state index in [-0.39, 0.29) is 6.10 Å². The molecule has 0 amide bonds. The summed E-state index contributed by atoms with van der Waals surface area (Å²) in [7, 11) is 0. The van der Waals surface area contributed by atoms with Gasteiger partial charge in [-0.1, -0.05) is 6.92 Å². The van der Waals surface area contributed by atoms with Gasteiger partial charge in [0, 0.05) is 18.0 Å². The van der Waals surface area contributed by atoms with E-state index in [1.165, 1.54) is 4.88 Å². The third kappa shape index (κ3) is 3.33. The molecule has 0 aliphatic heterocycles. The molecule has 0 aliphatic rings. The summed E-state index contributed by atoms with van der Waals surface area (Å²) in [6.07, 6.45) is 1.14. The van der Waals surface area contributed by atoms with Gasteiger partial charge in [-0.3, -0.25) is 0 Å². The van der Waals surface area contributed by atoms with E-state index in [2.05, 4.69) is 28.3 Å². The molecule has 2 aromatic rings. The van der Waals surface area contributed by atoms with Gasteiger partial charge in [0.1, 0.15) is 10.6 Å². The van der Waals surface area contributed by atoms with Crippen molar-refractivity contribution in [1.82, 2.24) is 9.97 Å². The van der Waals surface area contributed by atoms with Crippen molar-refractivity contribution in [2.45, 2.75) is 33.3 Å². The molecule has 0 aliphatic carbocycles. The highest BCUT2D eigenvalue weighted by molar-refractivity contribution is 7.18. The Bertz CT molecular complexity index is 555. The second kappa shape index (κ2) is 6.16. The fourth-order valence-corrected chi connectivity index (χ4v) is 2.85. The zero-order valence-electron chi connectivity index (χ0n) is 11.6. The second-order valence-corrected chi connectivity index (χ2v) is 5.48. The maximum absolute atomic E-state index is 5.75. The molecule has 2 aromatic heterocycles. The molecular weight excluding hydrogens is 260 g/mol. The molecule has 1 unspecified atom stereocenters. The Morgan fingerprint density at radius 2 is 2.21 bits per heavy atom. The van der Waals surface area contributed by atoms with Crippen LogP contribution in [0.15, 0.2) is 6.07 Å². The van der Waals surface area contributed by atoms with Crippen LogP contribution in [0.3, 0.4) is 0 Å². The molecule has 5 nitrogen and oxygen atoms in total. The summed E-state index contributed by atoms with van der Waals surface area (Å²) in [5.74, 6) is 1.11. The van der Waals surface area contributed by atoms with E-state index < -0.39 is 0 Å². The van der Waals surface area contributed by atoms with Gasteiger partial charge in [0.15, 0.2) is 0 Å². The highest BCUT2D eigenvalue weighted by Gasteiger charge is 2.11. The van der Waals surface area contributed by atoms with Gasteiger partial charge >= 0.3 is 0 Å². The van der Waals surface area contributed by atoms with Crippen LogP contribution in [0.25, 0.3) is 10.2 Å². The number of thiophene rings is 1. The lowest BCUT2D eigenvalue weighted by Gasteiger charge is -2.13. The van der Waals surface area contributed by atoms with E-state index in [0.29, 0.717) is 19.1 Å². The van der Waals surface area contributed by atoms with Crippen LogP contribution in [0.5, 0.6) is 0 Å². The Morgan fingerprint density at radius 3 is 2.89 bits per heavy atom. The molecule has 1 atom stereocenters. The summed E-state index contributed by atoms with van der Waals surface area (Å²) >= 11 is 1.67. The Labute approximate surface area is 117 Å². The van der Waals surface area contributed by atoms with Crippen molar-refractivity contribution in [2.24, 2.45) is 0 Å². The molecule has 3 N–H and O–H groups in total. The first-order valence-electron chi connectivity index (χ1n) is 6.55. The van der Waals surface area contributed by atoms with Crippen LogP contribution in [0.4, 0.5) is 11.8 Å². The van der Waals surface area contributed by atoms with Crippen molar-refractivity contribution in [3.63, 3.8) is 0 Å². The van der Waals surface area contributed by atoms with Crippen molar-refractivity contribution < 1.29 is 4.74 Å². The summed E-state index contributed by atoms with van der Waals surface area (Å²) in [5.41, 5.74) is 5.75. The Morgan fingerprint density at radius 1 is 1.42 bits per heavy atom. The monoisotopic (exact) mass is 280 g/mol. The van der Waals surface area contributed by atoms with Gasteiger partial charge < -0.3 is 15.8 Å². The van der Waals surface area contributed by atoms with Crippen molar-refractivity contribution in [1.29, 1.82) is 0 Å². The number of hydrogen-bond donors (Lipinski definition) is 2. The molecule has 0 saturated carbocycles. The van der Waals surface area contributed by atoms with Gasteiger partial charge in [0.25, 0.3) is 0 Å². The van der Waals surface area contributed by atoms with Gasteiger partial charge in [0.05, 0.1) is 11.5 Å². The van der Waals surface area contributed by atoms with Gasteiger partial charge in [-0.05, 0) is 26.3 Å². The standard InChI is InChI=1S/C13H20N4OS/c1-4-9-6-10-11(15-7-8(3)18-5-2)16-13(14)17-12(10)19-9/h6,8H,4-5,7H2,1-3H3,(H3,14,15,16,17). The van der Waals surface area contributed by atoms with Crippen molar-refractivity contribution in [3.8, 4) is 0 Å². The third-order valence-corrected chi connectivity index (χ3v) is 3.99. The van der Waals surface area contributed by atoms with E-state index in [4.69, 9.17) is 10.5 Å². The van der Waals surface area contributed by atoms with E-state index in [9.17, 15) is 0 Å². The third-order valence-electron chi connectivity index (χ3n) is 2.82. The average Bonchev–Trinajstić information content (AvgIpc) is 2.79. The van der Waals surface area contributed by atoms with Crippen LogP contribution < -0.4 is 11.1 Å². The topological polar surface area (TPSA) is 73.1 Å². The highest BCUT2D eigenvalue weighted by atomic mass is 32.1. The van der Waals surface area contributed by atoms with Crippen molar-refractivity contribution in [2.75, 3.05) is 24.2 Å². The number of rotatable bonds is 6. The Kier molecular flexibility index (Phi) is 4.55. The number of hydrogen-bond acceptors (Lipinski definition) is 6. The lowest BCUT2D eigenvalue weighted by molar-refractivity contribution is 0.0855. The molecule has 0 bridgehead atoms. The summed E-state index contributed by atoms with van der Waals surface area (Å²) in [6, 6.07) is 2.13. The normalized spacial score (nSPS) is 12.8. The summed E-state index contributed by atoms with van der Waals surface area (Å²) < 4.78 is 5.50. The largest absolute Gasteiger partial charge is 0.377 e. The number of anilines is 2. The minimum atomic E-state index is 0.139. The quantitative estimate of drug-likeness (QED) is 0.851. The lowest BCUT2D eigenvalue weighted by Crippen LogP contribution is -2.20. The van der Waals surface area contributed by atoms with Gasteiger partial charge in [-0.25, -0.2) is 4.98 Å². The Hall–Kier alpha value is -1.40. The minimum Gasteiger partial charge on any atom is -0.377 e. The molecular formula is C13H20N4OS. The first-order valence-corrected chi connectivity index (χ1v) is 7.37. The molecule has 19 heavy (non-hydrogen) atoms. The zero-order chi connectivity index (χ0) is 13.8. The number of ether oxygens (including phenoxy) is 1. The molecule has 2 rings (SSSR count). The van der Waals surface area contributed by atoms with Crippen molar-refractivity contribution in [3.05, 3.63) is 10.9 Å². The SMILES string of the molecule is CCOC(C)CNc1nc(N)nc2sc(CC)cc12. The van der Waals surface area contributed by atoms with Crippen LogP contribution in [0.2, 0.25) is 0 Å². The molecule has 0 spiro atoms. The van der Waals surface area contributed by atoms with E-state index in [1.54, 1.807) is 11.3 Å². The van der Waals surface area contributed by atoms with Crippen molar-refractivity contribution >= 4 is 33.3 Å². The summed E-state index contributed by atoms with van der Waals surface area (Å²) in [5, 5.41) is 4.34. The van der Waals surface area contributed by atoms with E-state index >= 15 is 0 Å². The zero-order valence-corrected chi connectivity index (χ0v) is 12.4. The highest BCUT2D eigenvalue weighted by Crippen LogP contribution is 2.29. The van der Waals surface area contributed by atoms with Crippen LogP contribution in [-0.4, -0.2) is 29.2 Å². The first kappa shape index (κ1) is 14.0. The maximum atomic E-state index is 5.75. The van der Waals surface area contributed by atoms with Gasteiger partial charge in [-0.2, -0.15) is 4.98 Å². The molecule has 0 radical (unpaired) electrons. The fourth-order valence-electron chi connectivity index (χ4n) is 1.88. The summed E-state index contributed by atoms with van der Waals surface area (Å²) in [6.45, 7) is 7.57. The number of aromatic nitrogens is 2. The van der Waals surface area contributed by atoms with Crippen LogP contribution in [-0.2, 0) is 11.2 Å². The van der Waals surface area contributed by atoms with Crippen LogP contribution in [0.1, 0.15) is 25.6 Å². The number of nitrogens with two attached hydrogens (primary N) is 1. The number of fused-ring (bicyclic) bond motifs is 1. The lowest BCUT2D eigenvalue weighted by atomic mass is 10.3. The number of aryl methyl sites for hydroxylation is 1. The minimum absolute atomic E-state index is 0.139. The average molecular weight is 280 g/mol. The van der Waals surface area contributed by atoms with Gasteiger partial charge in [0.2, 0.25) is 5.95 Å². The Balaban J connectivity index is 2.23. The first-order chi connectivity index (χ1) is 9.13. The number of nitrogens with one attached hydrogen (secondary N) is 1. The number of nitrogens with zero attached hydrogens (tertiary/aromatic N) is 2. The molecule has 0 fully saturated rings. The fraction of sp³-hybridized carbons (Fsp3) is 0.538. The molecule has 0 aromatic carbocycles. The predicted molar refractivity (Wildman–Crippen MR) is 80.8 cm³/mol. The molecule has 104 valence electrons. The van der Waals surface area contributed by atoms with Crippen LogP contribution in [0, 0.1) is 0 Å². The number of nitrogen functional groups attached to an aromatic ring is 1. The molecule has 2 heterocycles. The maximum Gasteiger partial charge on any atom is 0.223 e. The van der Waals surface area contributed by atoms with E-state index in [0.717, 1.165) is 22.5 Å². The van der Waals surface area contributed by atoms with Gasteiger partial charge in [-0.15, -0.1) is 11.3 Å². The van der Waals surface area contributed by atoms with Crippen LogP contribution >= 0.6 is 11.3 Å². The van der Waals surface area contributed by atoms with E-state index in [1.807, 2.05) is 13.8 Å². The predicted octanol–water partition coefficient (Wildman–Crippen LogP) is 2.67.